The van der Waals surface area contributed by atoms with E-state index in [2.05, 4.69) is 88.2 Å². The highest BCUT2D eigenvalue weighted by Gasteiger charge is 2.46. The van der Waals surface area contributed by atoms with Crippen molar-refractivity contribution >= 4 is 46.1 Å². The molecule has 0 aromatic rings. The molecule has 0 bridgehead atoms. The SMILES string of the molecule is CSC1C=C(C(C)(C)C)SC(I)(C(C)(C)C)C1. The standard InChI is InChI=1S/C14H25IS2/c1-12(2,3)11-8-10(16-7)9-14(15,17-11)13(4,5)6/h8,10H,9H2,1-7H3. The van der Waals surface area contributed by atoms with Gasteiger partial charge in [0.25, 0.3) is 0 Å². The minimum Gasteiger partial charge on any atom is -0.158 e. The Bertz CT molecular complexity index is 309. The molecule has 1 aliphatic rings. The number of alkyl halides is 1. The van der Waals surface area contributed by atoms with Crippen molar-refractivity contribution in [2.24, 2.45) is 10.8 Å². The predicted molar refractivity (Wildman–Crippen MR) is 93.3 cm³/mol. The van der Waals surface area contributed by atoms with Gasteiger partial charge in [0, 0.05) is 5.25 Å². The van der Waals surface area contributed by atoms with Crippen molar-refractivity contribution in [3.63, 3.8) is 0 Å². The maximum Gasteiger partial charge on any atom is 0.0778 e. The summed E-state index contributed by atoms with van der Waals surface area (Å²) in [5, 5.41) is 0.668. The lowest BCUT2D eigenvalue weighted by Crippen LogP contribution is -2.39. The van der Waals surface area contributed by atoms with Crippen molar-refractivity contribution in [2.75, 3.05) is 6.26 Å². The van der Waals surface area contributed by atoms with Gasteiger partial charge in [-0.3, -0.25) is 0 Å². The van der Waals surface area contributed by atoms with Crippen LogP contribution in [0.1, 0.15) is 48.0 Å². The summed E-state index contributed by atoms with van der Waals surface area (Å²) in [6.07, 6.45) is 6.00. The van der Waals surface area contributed by atoms with Crippen LogP contribution in [-0.4, -0.2) is 14.3 Å². The fraction of sp³-hybridized carbons (Fsp3) is 0.857. The zero-order valence-corrected chi connectivity index (χ0v) is 15.8. The molecular formula is C14H25IS2. The molecule has 2 unspecified atom stereocenters. The van der Waals surface area contributed by atoms with E-state index in [0.29, 0.717) is 13.4 Å². The molecule has 0 saturated heterocycles. The first-order chi connectivity index (χ1) is 7.49. The summed E-state index contributed by atoms with van der Waals surface area (Å²) < 4.78 is 0.315. The van der Waals surface area contributed by atoms with Crippen LogP contribution in [0.4, 0.5) is 0 Å². The van der Waals surface area contributed by atoms with E-state index in [1.165, 1.54) is 6.42 Å². The molecule has 0 aliphatic carbocycles. The Balaban J connectivity index is 3.09. The van der Waals surface area contributed by atoms with Crippen molar-refractivity contribution in [3.05, 3.63) is 11.0 Å². The summed E-state index contributed by atoms with van der Waals surface area (Å²) in [5.74, 6) is 0. The van der Waals surface area contributed by atoms with Gasteiger partial charge < -0.3 is 0 Å². The third-order valence-corrected chi connectivity index (χ3v) is 8.93. The second kappa shape index (κ2) is 5.28. The van der Waals surface area contributed by atoms with Crippen LogP contribution in [0, 0.1) is 10.8 Å². The number of rotatable bonds is 1. The van der Waals surface area contributed by atoms with Crippen LogP contribution in [0.25, 0.3) is 0 Å². The minimum absolute atomic E-state index is 0.279. The van der Waals surface area contributed by atoms with Crippen LogP contribution < -0.4 is 0 Å². The zero-order valence-electron chi connectivity index (χ0n) is 12.1. The summed E-state index contributed by atoms with van der Waals surface area (Å²) in [5.41, 5.74) is 0.609. The molecule has 0 aromatic carbocycles. The number of allylic oxidation sites excluding steroid dienone is 1. The molecule has 0 aromatic heterocycles. The quantitative estimate of drug-likeness (QED) is 0.404. The Kier molecular flexibility index (Phi) is 5.04. The largest absolute Gasteiger partial charge is 0.158 e. The number of hydrogen-bond acceptors (Lipinski definition) is 2. The number of halogens is 1. The predicted octanol–water partition coefficient (Wildman–Crippen LogP) is 5.96. The molecule has 0 fully saturated rings. The third kappa shape index (κ3) is 3.82. The summed E-state index contributed by atoms with van der Waals surface area (Å²) in [6, 6.07) is 0. The first-order valence-corrected chi connectivity index (χ1v) is 9.31. The lowest BCUT2D eigenvalue weighted by atomic mass is 9.87. The molecule has 0 saturated carbocycles. The van der Waals surface area contributed by atoms with Crippen molar-refractivity contribution in [1.82, 2.24) is 0 Å². The molecule has 0 amide bonds. The van der Waals surface area contributed by atoms with Gasteiger partial charge in [0.2, 0.25) is 0 Å². The minimum atomic E-state index is 0.279. The van der Waals surface area contributed by atoms with Gasteiger partial charge in [-0.2, -0.15) is 11.8 Å². The molecule has 3 heteroatoms. The second-order valence-corrected chi connectivity index (χ2v) is 11.8. The van der Waals surface area contributed by atoms with Crippen molar-refractivity contribution in [2.45, 2.75) is 56.0 Å². The van der Waals surface area contributed by atoms with E-state index < -0.39 is 0 Å². The summed E-state index contributed by atoms with van der Waals surface area (Å²) in [7, 11) is 0. The molecule has 1 aliphatic heterocycles. The summed E-state index contributed by atoms with van der Waals surface area (Å²) in [4.78, 5) is 1.56. The Morgan fingerprint density at radius 2 is 1.82 bits per heavy atom. The molecule has 1 rings (SSSR count). The van der Waals surface area contributed by atoms with Gasteiger partial charge in [-0.05, 0) is 28.4 Å². The van der Waals surface area contributed by atoms with Gasteiger partial charge in [-0.15, -0.1) is 11.8 Å². The van der Waals surface area contributed by atoms with E-state index in [-0.39, 0.29) is 5.41 Å². The van der Waals surface area contributed by atoms with Crippen LogP contribution in [0.2, 0.25) is 0 Å². The highest BCUT2D eigenvalue weighted by atomic mass is 127. The van der Waals surface area contributed by atoms with Gasteiger partial charge >= 0.3 is 0 Å². The van der Waals surface area contributed by atoms with Crippen LogP contribution in [-0.2, 0) is 0 Å². The molecular weight excluding hydrogens is 359 g/mol. The van der Waals surface area contributed by atoms with Gasteiger partial charge in [-0.25, -0.2) is 0 Å². The first kappa shape index (κ1) is 16.2. The van der Waals surface area contributed by atoms with Gasteiger partial charge in [0.05, 0.1) is 2.75 Å². The molecule has 0 spiro atoms. The maximum atomic E-state index is 2.70. The highest BCUT2D eigenvalue weighted by molar-refractivity contribution is 14.1. The topological polar surface area (TPSA) is 0 Å². The Labute approximate surface area is 129 Å². The highest BCUT2D eigenvalue weighted by Crippen LogP contribution is 2.59. The maximum absolute atomic E-state index is 2.70. The fourth-order valence-corrected chi connectivity index (χ4v) is 5.57. The van der Waals surface area contributed by atoms with Crippen molar-refractivity contribution < 1.29 is 0 Å². The van der Waals surface area contributed by atoms with Gasteiger partial charge in [-0.1, -0.05) is 70.2 Å². The average Bonchev–Trinajstić information content (AvgIpc) is 2.13. The van der Waals surface area contributed by atoms with Gasteiger partial charge in [0.1, 0.15) is 0 Å². The Hall–Kier alpha value is 1.17. The average molecular weight is 384 g/mol. The third-order valence-electron chi connectivity index (χ3n) is 3.23. The van der Waals surface area contributed by atoms with Crippen LogP contribution in [0.5, 0.6) is 0 Å². The molecule has 1 heterocycles. The molecule has 0 nitrogen and oxygen atoms in total. The smallest absolute Gasteiger partial charge is 0.0778 e. The normalized spacial score (nSPS) is 31.3. The summed E-state index contributed by atoms with van der Waals surface area (Å²) >= 11 is 6.79. The molecule has 17 heavy (non-hydrogen) atoms. The van der Waals surface area contributed by atoms with E-state index in [1.54, 1.807) is 4.91 Å². The van der Waals surface area contributed by atoms with Crippen molar-refractivity contribution in [3.8, 4) is 0 Å². The van der Waals surface area contributed by atoms with Gasteiger partial charge in [0.15, 0.2) is 0 Å². The Morgan fingerprint density at radius 1 is 1.29 bits per heavy atom. The van der Waals surface area contributed by atoms with Crippen LogP contribution >= 0.6 is 46.1 Å². The van der Waals surface area contributed by atoms with E-state index in [4.69, 9.17) is 0 Å². The van der Waals surface area contributed by atoms with E-state index in [0.717, 1.165) is 0 Å². The van der Waals surface area contributed by atoms with Crippen molar-refractivity contribution in [1.29, 1.82) is 0 Å². The van der Waals surface area contributed by atoms with E-state index >= 15 is 0 Å². The monoisotopic (exact) mass is 384 g/mol. The molecule has 2 atom stereocenters. The summed E-state index contributed by atoms with van der Waals surface area (Å²) in [6.45, 7) is 14.1. The Morgan fingerprint density at radius 3 is 2.18 bits per heavy atom. The number of thioether (sulfide) groups is 2. The molecule has 100 valence electrons. The van der Waals surface area contributed by atoms with Crippen LogP contribution in [0.15, 0.2) is 11.0 Å². The second-order valence-electron chi connectivity index (χ2n) is 6.84. The fourth-order valence-electron chi connectivity index (χ4n) is 1.75. The zero-order chi connectivity index (χ0) is 13.5. The number of hydrogen-bond donors (Lipinski definition) is 0. The lowest BCUT2D eigenvalue weighted by Gasteiger charge is -2.46. The lowest BCUT2D eigenvalue weighted by molar-refractivity contribution is 0.366. The molecule has 0 N–H and O–H groups in total. The van der Waals surface area contributed by atoms with Crippen LogP contribution in [0.3, 0.4) is 0 Å². The molecule has 0 radical (unpaired) electrons. The van der Waals surface area contributed by atoms with E-state index in [9.17, 15) is 0 Å². The first-order valence-electron chi connectivity index (χ1n) is 6.12. The van der Waals surface area contributed by atoms with E-state index in [1.807, 2.05) is 11.8 Å².